The summed E-state index contributed by atoms with van der Waals surface area (Å²) in [7, 11) is 0. The molecule has 0 heterocycles. The molecule has 0 N–H and O–H groups in total. The van der Waals surface area contributed by atoms with Gasteiger partial charge in [-0.3, -0.25) is 0 Å². The minimum atomic E-state index is -1.56. The first-order valence-electron chi connectivity index (χ1n) is 2.13. The van der Waals surface area contributed by atoms with Crippen LogP contribution in [-0.2, 0) is 9.59 Å². The molecule has 0 unspecified atom stereocenters. The molecule has 0 aliphatic carbocycles. The topological polar surface area (TPSA) is 80.3 Å². The molecule has 0 spiro atoms. The molecule has 4 nitrogen and oxygen atoms in total. The van der Waals surface area contributed by atoms with Crippen LogP contribution in [-0.4, -0.2) is 11.9 Å². The zero-order valence-electron chi connectivity index (χ0n) is 6.55. The fraction of sp³-hybridized carbons (Fsp3) is 0.200. The number of rotatable bonds is 3. The van der Waals surface area contributed by atoms with Crippen LogP contribution in [0.3, 0.4) is 0 Å². The molecule has 0 saturated carbocycles. The molecule has 0 bridgehead atoms. The second kappa shape index (κ2) is 10.9. The van der Waals surface area contributed by atoms with E-state index in [0.29, 0.717) is 0 Å². The third-order valence-corrected chi connectivity index (χ3v) is 0.646. The molecule has 0 radical (unpaired) electrons. The van der Waals surface area contributed by atoms with Crippen LogP contribution in [0, 0.1) is 0 Å². The number of carboxylic acid groups (broad SMARTS) is 2. The third kappa shape index (κ3) is 12.8. The van der Waals surface area contributed by atoms with E-state index in [0.717, 1.165) is 0 Å². The molecular weight excluding hydrogens is 390 g/mol. The summed E-state index contributed by atoms with van der Waals surface area (Å²) < 4.78 is 0. The molecule has 0 aromatic rings. The van der Waals surface area contributed by atoms with Crippen molar-refractivity contribution in [1.82, 2.24) is 0 Å². The average molecular weight is 394 g/mol. The van der Waals surface area contributed by atoms with Crippen molar-refractivity contribution in [2.24, 2.45) is 0 Å². The van der Waals surface area contributed by atoms with Crippen LogP contribution in [0.25, 0.3) is 0 Å². The molecule has 0 rings (SSSR count). The first kappa shape index (κ1) is 19.4. The number of carbonyl (C=O) groups is 2. The number of carbonyl (C=O) groups excluding carboxylic acids is 2. The van der Waals surface area contributed by atoms with Crippen molar-refractivity contribution in [3.63, 3.8) is 0 Å². The Kier molecular flexibility index (Phi) is 19.1. The van der Waals surface area contributed by atoms with Gasteiger partial charge in [0.25, 0.3) is 0 Å². The standard InChI is InChI=1S/C5H6O4.2Cs/c1-3(5(8)9)2-4(6)7;;/h1-2H2,(H,6,7)(H,8,9);;/q;2*+1/p-2. The van der Waals surface area contributed by atoms with Crippen molar-refractivity contribution >= 4 is 11.9 Å². The Hall–Kier alpha value is 2.78. The molecule has 0 fully saturated rings. The van der Waals surface area contributed by atoms with E-state index in [2.05, 4.69) is 6.58 Å². The third-order valence-electron chi connectivity index (χ3n) is 0.646. The second-order valence-corrected chi connectivity index (χ2v) is 1.44. The summed E-state index contributed by atoms with van der Waals surface area (Å²) in [4.78, 5) is 19.4. The molecule has 6 heteroatoms. The summed E-state index contributed by atoms with van der Waals surface area (Å²) >= 11 is 0. The summed E-state index contributed by atoms with van der Waals surface area (Å²) in [5.74, 6) is -3.02. The summed E-state index contributed by atoms with van der Waals surface area (Å²) in [5, 5.41) is 19.4. The Balaban J connectivity index is -0.000000320. The van der Waals surface area contributed by atoms with E-state index in [1.807, 2.05) is 0 Å². The summed E-state index contributed by atoms with van der Waals surface area (Å²) in [6.07, 6.45) is -0.678. The fourth-order valence-corrected chi connectivity index (χ4v) is 0.246. The molecule has 0 saturated heterocycles. The van der Waals surface area contributed by atoms with Gasteiger partial charge < -0.3 is 19.8 Å². The maximum atomic E-state index is 9.73. The Morgan fingerprint density at radius 2 is 1.55 bits per heavy atom. The number of hydrogen-bond acceptors (Lipinski definition) is 4. The Labute approximate surface area is 182 Å². The van der Waals surface area contributed by atoms with Gasteiger partial charge in [0.1, 0.15) is 0 Å². The van der Waals surface area contributed by atoms with Gasteiger partial charge in [0.05, 0.1) is 5.97 Å². The molecule has 0 amide bonds. The number of aliphatic carboxylic acids is 2. The van der Waals surface area contributed by atoms with Gasteiger partial charge in [-0.25, -0.2) is 0 Å². The van der Waals surface area contributed by atoms with Crippen molar-refractivity contribution in [1.29, 1.82) is 0 Å². The van der Waals surface area contributed by atoms with Crippen LogP contribution in [0.5, 0.6) is 0 Å². The molecule has 0 atom stereocenters. The number of hydrogen-bond donors (Lipinski definition) is 0. The largest absolute Gasteiger partial charge is 1.00 e. The molecule has 0 aliphatic heterocycles. The van der Waals surface area contributed by atoms with Crippen molar-refractivity contribution < 1.29 is 158 Å². The number of carboxylic acids is 2. The van der Waals surface area contributed by atoms with Crippen molar-refractivity contribution in [3.8, 4) is 0 Å². The van der Waals surface area contributed by atoms with E-state index < -0.39 is 23.9 Å². The monoisotopic (exact) mass is 394 g/mol. The zero-order chi connectivity index (χ0) is 7.44. The van der Waals surface area contributed by atoms with Crippen molar-refractivity contribution in [2.45, 2.75) is 6.42 Å². The molecule has 0 aromatic heterocycles. The molecular formula is C5H4Cs2O4. The van der Waals surface area contributed by atoms with Gasteiger partial charge in [-0.05, 0) is 5.57 Å². The maximum absolute atomic E-state index is 9.73. The Bertz CT molecular complexity index is 166. The molecule has 0 aliphatic rings. The minimum absolute atomic E-state index is 0. The first-order valence-corrected chi connectivity index (χ1v) is 2.13. The van der Waals surface area contributed by atoms with Gasteiger partial charge in [0.2, 0.25) is 0 Å². The minimum Gasteiger partial charge on any atom is -0.550 e. The Morgan fingerprint density at radius 3 is 1.64 bits per heavy atom. The van der Waals surface area contributed by atoms with Crippen LogP contribution in [0.4, 0.5) is 0 Å². The van der Waals surface area contributed by atoms with E-state index in [1.165, 1.54) is 0 Å². The van der Waals surface area contributed by atoms with Crippen LogP contribution in [0.1, 0.15) is 6.42 Å². The van der Waals surface area contributed by atoms with Crippen molar-refractivity contribution in [2.75, 3.05) is 0 Å². The normalized spacial score (nSPS) is 6.91. The zero-order valence-corrected chi connectivity index (χ0v) is 19.1. The van der Waals surface area contributed by atoms with E-state index in [-0.39, 0.29) is 138 Å². The van der Waals surface area contributed by atoms with Crippen molar-refractivity contribution in [3.05, 3.63) is 12.2 Å². The van der Waals surface area contributed by atoms with Gasteiger partial charge in [0, 0.05) is 12.4 Å². The smallest absolute Gasteiger partial charge is 0.550 e. The first-order chi connectivity index (χ1) is 4.04. The van der Waals surface area contributed by atoms with Gasteiger partial charge in [0.15, 0.2) is 0 Å². The SMILES string of the molecule is C=C(CC(=O)[O-])C(=O)[O-].[Cs+].[Cs+]. The van der Waals surface area contributed by atoms with E-state index in [9.17, 15) is 19.8 Å². The van der Waals surface area contributed by atoms with Gasteiger partial charge in [-0.2, -0.15) is 0 Å². The predicted octanol–water partition coefficient (Wildman–Crippen LogP) is -8.56. The van der Waals surface area contributed by atoms with Crippen LogP contribution in [0.15, 0.2) is 12.2 Å². The van der Waals surface area contributed by atoms with E-state index in [1.54, 1.807) is 0 Å². The van der Waals surface area contributed by atoms with Gasteiger partial charge in [-0.15, -0.1) is 0 Å². The van der Waals surface area contributed by atoms with Crippen LogP contribution < -0.4 is 148 Å². The summed E-state index contributed by atoms with van der Waals surface area (Å²) in [5.41, 5.74) is -0.477. The Morgan fingerprint density at radius 1 is 1.18 bits per heavy atom. The van der Waals surface area contributed by atoms with E-state index >= 15 is 0 Å². The molecule has 50 valence electrons. The van der Waals surface area contributed by atoms with Gasteiger partial charge in [-0.1, -0.05) is 6.58 Å². The summed E-state index contributed by atoms with van der Waals surface area (Å²) in [6, 6.07) is 0. The fourth-order valence-electron chi connectivity index (χ4n) is 0.246. The van der Waals surface area contributed by atoms with Gasteiger partial charge >= 0.3 is 138 Å². The predicted molar refractivity (Wildman–Crippen MR) is 23.8 cm³/mol. The molecule has 11 heavy (non-hydrogen) atoms. The average Bonchev–Trinajstić information content (AvgIpc) is 1.63. The maximum Gasteiger partial charge on any atom is 1.00 e. The quantitative estimate of drug-likeness (QED) is 0.446. The molecule has 0 aromatic carbocycles. The second-order valence-electron chi connectivity index (χ2n) is 1.44. The van der Waals surface area contributed by atoms with E-state index in [4.69, 9.17) is 0 Å². The van der Waals surface area contributed by atoms with Crippen LogP contribution >= 0.6 is 0 Å². The summed E-state index contributed by atoms with van der Waals surface area (Å²) in [6.45, 7) is 2.91. The van der Waals surface area contributed by atoms with Crippen LogP contribution in [0.2, 0.25) is 0 Å².